The Bertz CT molecular complexity index is 617. The van der Waals surface area contributed by atoms with Gasteiger partial charge in [0.15, 0.2) is 5.96 Å². The van der Waals surface area contributed by atoms with Crippen LogP contribution in [0.2, 0.25) is 0 Å². The highest BCUT2D eigenvalue weighted by atomic mass is 19.3. The predicted octanol–water partition coefficient (Wildman–Crippen LogP) is 0.435. The molecule has 21 heavy (non-hydrogen) atoms. The van der Waals surface area contributed by atoms with Gasteiger partial charge >= 0.3 is 12.3 Å². The van der Waals surface area contributed by atoms with Crippen LogP contribution in [0.1, 0.15) is 5.56 Å². The van der Waals surface area contributed by atoms with Crippen molar-refractivity contribution in [3.05, 3.63) is 51.8 Å². The van der Waals surface area contributed by atoms with Gasteiger partial charge in [0.1, 0.15) is 5.75 Å². The summed E-state index contributed by atoms with van der Waals surface area (Å²) in [5, 5.41) is 13.4. The zero-order valence-corrected chi connectivity index (χ0v) is 10.5. The Morgan fingerprint density at radius 1 is 1.38 bits per heavy atom. The molecule has 0 spiro atoms. The Balaban J connectivity index is 2.39. The van der Waals surface area contributed by atoms with Crippen molar-refractivity contribution in [3.63, 3.8) is 0 Å². The SMILES string of the molecule is NC1=NC(N)(c2ccc(OC(F)F)cc2)C([N+](=O)[O-])=CN1. The van der Waals surface area contributed by atoms with Crippen molar-refractivity contribution in [3.8, 4) is 5.75 Å². The second-order valence-electron chi connectivity index (χ2n) is 4.10. The molecule has 5 N–H and O–H groups in total. The van der Waals surface area contributed by atoms with Gasteiger partial charge in [-0.3, -0.25) is 15.8 Å². The first kappa shape index (κ1) is 14.7. The lowest BCUT2D eigenvalue weighted by molar-refractivity contribution is -0.436. The van der Waals surface area contributed by atoms with Gasteiger partial charge < -0.3 is 15.8 Å². The molecule has 2 rings (SSSR count). The number of hydrogen-bond acceptors (Lipinski definition) is 7. The number of nitrogens with two attached hydrogens (primary N) is 2. The molecule has 0 radical (unpaired) electrons. The lowest BCUT2D eigenvalue weighted by Gasteiger charge is -2.26. The van der Waals surface area contributed by atoms with Crippen LogP contribution in [0.15, 0.2) is 41.2 Å². The number of rotatable bonds is 4. The van der Waals surface area contributed by atoms with Gasteiger partial charge in [0.2, 0.25) is 5.66 Å². The maximum atomic E-state index is 12.1. The Kier molecular flexibility index (Phi) is 3.72. The van der Waals surface area contributed by atoms with Crippen molar-refractivity contribution in [1.82, 2.24) is 5.32 Å². The van der Waals surface area contributed by atoms with Crippen LogP contribution in [0.3, 0.4) is 0 Å². The molecule has 0 bridgehead atoms. The highest BCUT2D eigenvalue weighted by molar-refractivity contribution is 5.81. The molecule has 10 heteroatoms. The highest BCUT2D eigenvalue weighted by Gasteiger charge is 2.43. The summed E-state index contributed by atoms with van der Waals surface area (Å²) in [6.07, 6.45) is 1.03. The average Bonchev–Trinajstić information content (AvgIpc) is 2.38. The van der Waals surface area contributed by atoms with Gasteiger partial charge in [-0.25, -0.2) is 4.99 Å². The summed E-state index contributed by atoms with van der Waals surface area (Å²) in [5.74, 6) is -0.203. The van der Waals surface area contributed by atoms with E-state index in [-0.39, 0.29) is 17.3 Å². The Morgan fingerprint density at radius 3 is 2.52 bits per heavy atom. The summed E-state index contributed by atoms with van der Waals surface area (Å²) in [7, 11) is 0. The minimum atomic E-state index is -2.97. The topological polar surface area (TPSA) is 129 Å². The summed E-state index contributed by atoms with van der Waals surface area (Å²) in [6.45, 7) is -2.97. The van der Waals surface area contributed by atoms with Gasteiger partial charge in [-0.2, -0.15) is 8.78 Å². The zero-order valence-electron chi connectivity index (χ0n) is 10.5. The third-order valence-corrected chi connectivity index (χ3v) is 2.76. The molecule has 1 aliphatic heterocycles. The molecular weight excluding hydrogens is 288 g/mol. The van der Waals surface area contributed by atoms with Crippen LogP contribution in [-0.4, -0.2) is 17.5 Å². The van der Waals surface area contributed by atoms with E-state index in [2.05, 4.69) is 15.0 Å². The maximum absolute atomic E-state index is 12.1. The van der Waals surface area contributed by atoms with Crippen molar-refractivity contribution < 1.29 is 18.4 Å². The summed E-state index contributed by atoms with van der Waals surface area (Å²) >= 11 is 0. The second-order valence-corrected chi connectivity index (χ2v) is 4.10. The number of guanidine groups is 1. The molecule has 8 nitrogen and oxygen atoms in total. The second kappa shape index (κ2) is 5.32. The molecule has 0 amide bonds. The number of hydrogen-bond donors (Lipinski definition) is 3. The number of aliphatic imine (C=N–C) groups is 1. The molecule has 0 saturated heterocycles. The third-order valence-electron chi connectivity index (χ3n) is 2.76. The molecule has 1 aromatic rings. The maximum Gasteiger partial charge on any atom is 0.387 e. The Hall–Kier alpha value is -2.75. The molecule has 0 saturated carbocycles. The normalized spacial score (nSPS) is 21.3. The van der Waals surface area contributed by atoms with Crippen LogP contribution in [0, 0.1) is 10.1 Å². The lowest BCUT2D eigenvalue weighted by Crippen LogP contribution is -2.47. The Labute approximate surface area is 117 Å². The predicted molar refractivity (Wildman–Crippen MR) is 68.8 cm³/mol. The van der Waals surface area contributed by atoms with Crippen molar-refractivity contribution in [2.24, 2.45) is 16.5 Å². The zero-order chi connectivity index (χ0) is 15.6. The van der Waals surface area contributed by atoms with E-state index >= 15 is 0 Å². The van der Waals surface area contributed by atoms with Gasteiger partial charge in [-0.1, -0.05) is 12.1 Å². The smallest absolute Gasteiger partial charge is 0.387 e. The number of nitrogens with one attached hydrogen (secondary N) is 1. The van der Waals surface area contributed by atoms with E-state index < -0.39 is 22.9 Å². The van der Waals surface area contributed by atoms with E-state index in [4.69, 9.17) is 11.5 Å². The van der Waals surface area contributed by atoms with Crippen LogP contribution in [0.25, 0.3) is 0 Å². The molecule has 1 unspecified atom stereocenters. The fraction of sp³-hybridized carbons (Fsp3) is 0.182. The van der Waals surface area contributed by atoms with E-state index in [9.17, 15) is 18.9 Å². The molecular formula is C11H11F2N5O3. The monoisotopic (exact) mass is 299 g/mol. The first-order chi connectivity index (χ1) is 9.83. The average molecular weight is 299 g/mol. The summed E-state index contributed by atoms with van der Waals surface area (Å²) in [6, 6.07) is 5.02. The van der Waals surface area contributed by atoms with Crippen molar-refractivity contribution in [2.75, 3.05) is 0 Å². The minimum absolute atomic E-state index is 0.101. The first-order valence-corrected chi connectivity index (χ1v) is 5.64. The van der Waals surface area contributed by atoms with Crippen LogP contribution in [0.5, 0.6) is 5.75 Å². The standard InChI is InChI=1S/C11H11F2N5O3/c12-9(13)21-7-3-1-6(2-4-7)11(15)8(18(19)20)5-16-10(14)17-11/h1-5,9H,15H2,(H3,14,16,17). The molecule has 0 aliphatic carbocycles. The van der Waals surface area contributed by atoms with Gasteiger partial charge in [-0.05, 0) is 12.1 Å². The molecule has 1 aromatic carbocycles. The van der Waals surface area contributed by atoms with Crippen LogP contribution < -0.4 is 21.5 Å². The van der Waals surface area contributed by atoms with E-state index in [1.807, 2.05) is 0 Å². The van der Waals surface area contributed by atoms with E-state index in [0.717, 1.165) is 6.20 Å². The number of nitrogens with zero attached hydrogens (tertiary/aromatic N) is 2. The third kappa shape index (κ3) is 2.89. The van der Waals surface area contributed by atoms with E-state index in [0.29, 0.717) is 0 Å². The highest BCUT2D eigenvalue weighted by Crippen LogP contribution is 2.31. The van der Waals surface area contributed by atoms with Crippen LogP contribution in [-0.2, 0) is 5.66 Å². The van der Waals surface area contributed by atoms with Crippen molar-refractivity contribution in [2.45, 2.75) is 12.3 Å². The minimum Gasteiger partial charge on any atom is -0.435 e. The molecule has 1 atom stereocenters. The molecule has 0 fully saturated rings. The fourth-order valence-corrected chi connectivity index (χ4v) is 1.83. The first-order valence-electron chi connectivity index (χ1n) is 5.64. The largest absolute Gasteiger partial charge is 0.435 e. The van der Waals surface area contributed by atoms with Crippen LogP contribution >= 0.6 is 0 Å². The van der Waals surface area contributed by atoms with Gasteiger partial charge in [0.05, 0.1) is 11.1 Å². The van der Waals surface area contributed by atoms with E-state index in [1.165, 1.54) is 24.3 Å². The summed E-state index contributed by atoms with van der Waals surface area (Å²) in [4.78, 5) is 14.2. The number of nitro groups is 1. The van der Waals surface area contributed by atoms with Crippen molar-refractivity contribution in [1.29, 1.82) is 0 Å². The quantitative estimate of drug-likeness (QED) is 0.546. The molecule has 1 heterocycles. The summed E-state index contributed by atoms with van der Waals surface area (Å²) < 4.78 is 28.3. The van der Waals surface area contributed by atoms with Crippen LogP contribution in [0.4, 0.5) is 8.78 Å². The molecule has 112 valence electrons. The number of alkyl halides is 2. The fourth-order valence-electron chi connectivity index (χ4n) is 1.83. The summed E-state index contributed by atoms with van der Waals surface area (Å²) in [5.41, 5.74) is 9.39. The number of ether oxygens (including phenoxy) is 1. The Morgan fingerprint density at radius 2 is 2.00 bits per heavy atom. The number of halogens is 2. The van der Waals surface area contributed by atoms with Gasteiger partial charge in [0.25, 0.3) is 0 Å². The van der Waals surface area contributed by atoms with Gasteiger partial charge in [0, 0.05) is 5.56 Å². The van der Waals surface area contributed by atoms with E-state index in [1.54, 1.807) is 0 Å². The van der Waals surface area contributed by atoms with Crippen molar-refractivity contribution >= 4 is 5.96 Å². The molecule has 1 aliphatic rings. The van der Waals surface area contributed by atoms with Gasteiger partial charge in [-0.15, -0.1) is 0 Å². The molecule has 0 aromatic heterocycles. The number of benzene rings is 1. The lowest BCUT2D eigenvalue weighted by atomic mass is 9.97.